The Balaban J connectivity index is 1.77. The summed E-state index contributed by atoms with van der Waals surface area (Å²) in [6, 6.07) is 3.44. The Labute approximate surface area is 224 Å². The van der Waals surface area contributed by atoms with Crippen LogP contribution in [-0.2, 0) is 26.8 Å². The van der Waals surface area contributed by atoms with Gasteiger partial charge in [-0.3, -0.25) is 9.10 Å². The summed E-state index contributed by atoms with van der Waals surface area (Å²) in [7, 11) is -4.60. The number of fused-ring (bicyclic) bond motifs is 1. The summed E-state index contributed by atoms with van der Waals surface area (Å²) in [6.45, 7) is 0. The fourth-order valence-corrected chi connectivity index (χ4v) is 6.89. The van der Waals surface area contributed by atoms with Crippen molar-refractivity contribution in [2.75, 3.05) is 4.31 Å². The molecule has 0 spiro atoms. The molecule has 7 nitrogen and oxygen atoms in total. The second-order valence-electron chi connectivity index (χ2n) is 9.87. The number of halogens is 7. The molecule has 4 rings (SSSR count). The number of aliphatic hydroxyl groups excluding tert-OH is 1. The average Bonchev–Trinajstić information content (AvgIpc) is 3.25. The van der Waals surface area contributed by atoms with E-state index in [-0.39, 0.29) is 24.1 Å². The van der Waals surface area contributed by atoms with E-state index in [9.17, 15) is 54.2 Å². The highest BCUT2D eigenvalue weighted by molar-refractivity contribution is 7.92. The molecule has 3 N–H and O–H groups in total. The standard InChI is InChI=1S/C25H25F7N2O5S/c26-16-6-9-18(10-7-16)40(38,39)34-17(13-22(36)33-19-2-1-3-21(19)35)8-4-14-12-15(5-11-20(14)34)23(37,24(27,28)29)25(30,31)32/h5-7,9-12,17,19,21,35,37H,1-4,8,13H2,(H,33,36)/t17-,19-,21-/m0/s1. The molecule has 0 radical (unpaired) electrons. The van der Waals surface area contributed by atoms with E-state index in [1.54, 1.807) is 0 Å². The molecule has 40 heavy (non-hydrogen) atoms. The Morgan fingerprint density at radius 2 is 1.60 bits per heavy atom. The zero-order valence-corrected chi connectivity index (χ0v) is 21.5. The van der Waals surface area contributed by atoms with Crippen molar-refractivity contribution < 1.29 is 54.2 Å². The zero-order chi connectivity index (χ0) is 29.7. The van der Waals surface area contributed by atoms with E-state index in [1.807, 2.05) is 0 Å². The number of hydrogen-bond acceptors (Lipinski definition) is 5. The molecule has 1 heterocycles. The lowest BCUT2D eigenvalue weighted by molar-refractivity contribution is -0.376. The number of sulfonamides is 1. The van der Waals surface area contributed by atoms with Crippen molar-refractivity contribution in [2.45, 2.75) is 79.6 Å². The van der Waals surface area contributed by atoms with Gasteiger partial charge in [0.2, 0.25) is 5.91 Å². The van der Waals surface area contributed by atoms with Crippen LogP contribution in [0.3, 0.4) is 0 Å². The third kappa shape index (κ3) is 5.38. The van der Waals surface area contributed by atoms with Crippen molar-refractivity contribution in [3.05, 3.63) is 59.4 Å². The van der Waals surface area contributed by atoms with Gasteiger partial charge in [0.15, 0.2) is 0 Å². The third-order valence-corrected chi connectivity index (χ3v) is 9.13. The van der Waals surface area contributed by atoms with Crippen molar-refractivity contribution >= 4 is 21.6 Å². The third-order valence-electron chi connectivity index (χ3n) is 7.25. The second kappa shape index (κ2) is 10.5. The van der Waals surface area contributed by atoms with Crippen molar-refractivity contribution in [3.63, 3.8) is 0 Å². The van der Waals surface area contributed by atoms with Crippen molar-refractivity contribution in [1.82, 2.24) is 5.32 Å². The molecule has 0 saturated heterocycles. The lowest BCUT2D eigenvalue weighted by atomic mass is 9.87. The smallest absolute Gasteiger partial charge is 0.391 e. The summed E-state index contributed by atoms with van der Waals surface area (Å²) in [6.07, 6.45) is -12.2. The molecule has 1 fully saturated rings. The minimum atomic E-state index is -6.14. The fraction of sp³-hybridized carbons (Fsp3) is 0.480. The van der Waals surface area contributed by atoms with E-state index < -0.39 is 74.8 Å². The average molecular weight is 599 g/mol. The van der Waals surface area contributed by atoms with Crippen LogP contribution in [0.25, 0.3) is 0 Å². The van der Waals surface area contributed by atoms with Gasteiger partial charge in [0.05, 0.1) is 28.8 Å². The van der Waals surface area contributed by atoms with Crippen LogP contribution in [0.15, 0.2) is 47.4 Å². The summed E-state index contributed by atoms with van der Waals surface area (Å²) < 4.78 is 122. The van der Waals surface area contributed by atoms with E-state index in [1.165, 1.54) is 0 Å². The highest BCUT2D eigenvalue weighted by Crippen LogP contribution is 2.51. The first-order valence-corrected chi connectivity index (χ1v) is 13.7. The topological polar surface area (TPSA) is 107 Å². The van der Waals surface area contributed by atoms with Gasteiger partial charge in [0, 0.05) is 12.0 Å². The van der Waals surface area contributed by atoms with Gasteiger partial charge in [-0.05, 0) is 68.0 Å². The maximum atomic E-state index is 13.7. The molecular weight excluding hydrogens is 573 g/mol. The number of nitrogens with zero attached hydrogens (tertiary/aromatic N) is 1. The van der Waals surface area contributed by atoms with Crippen LogP contribution in [-0.4, -0.2) is 55.1 Å². The van der Waals surface area contributed by atoms with Crippen LogP contribution in [0.4, 0.5) is 36.4 Å². The molecule has 2 aromatic carbocycles. The minimum absolute atomic E-state index is 0.173. The number of nitrogens with one attached hydrogen (secondary N) is 1. The number of anilines is 1. The lowest BCUT2D eigenvalue weighted by Gasteiger charge is -2.39. The van der Waals surface area contributed by atoms with E-state index in [0.717, 1.165) is 34.6 Å². The predicted molar refractivity (Wildman–Crippen MR) is 127 cm³/mol. The Kier molecular flexibility index (Phi) is 7.88. The van der Waals surface area contributed by atoms with Gasteiger partial charge >= 0.3 is 12.4 Å². The molecule has 1 amide bonds. The molecule has 15 heteroatoms. The van der Waals surface area contributed by atoms with Crippen LogP contribution in [0.1, 0.15) is 43.2 Å². The molecule has 1 saturated carbocycles. The van der Waals surface area contributed by atoms with Gasteiger partial charge in [-0.15, -0.1) is 0 Å². The number of rotatable bonds is 6. The number of alkyl halides is 6. The van der Waals surface area contributed by atoms with E-state index in [4.69, 9.17) is 0 Å². The minimum Gasteiger partial charge on any atom is -0.391 e. The molecular formula is C25H25F7N2O5S. The van der Waals surface area contributed by atoms with Gasteiger partial charge in [-0.2, -0.15) is 26.3 Å². The van der Waals surface area contributed by atoms with E-state index in [2.05, 4.69) is 5.32 Å². The summed E-state index contributed by atoms with van der Waals surface area (Å²) in [4.78, 5) is 12.4. The highest BCUT2D eigenvalue weighted by Gasteiger charge is 2.71. The Bertz CT molecular complexity index is 1350. The van der Waals surface area contributed by atoms with Gasteiger partial charge in [0.25, 0.3) is 15.6 Å². The highest BCUT2D eigenvalue weighted by atomic mass is 32.2. The van der Waals surface area contributed by atoms with Gasteiger partial charge in [-0.25, -0.2) is 12.8 Å². The maximum absolute atomic E-state index is 13.7. The number of aryl methyl sites for hydroxylation is 1. The Hall–Kier alpha value is -2.91. The second-order valence-corrected chi connectivity index (χ2v) is 11.7. The van der Waals surface area contributed by atoms with Crippen LogP contribution >= 0.6 is 0 Å². The first kappa shape index (κ1) is 30.1. The van der Waals surface area contributed by atoms with Crippen molar-refractivity contribution in [2.24, 2.45) is 0 Å². The number of carbonyl (C=O) groups is 1. The Morgan fingerprint density at radius 1 is 0.975 bits per heavy atom. The van der Waals surface area contributed by atoms with Gasteiger partial charge < -0.3 is 15.5 Å². The number of aliphatic hydroxyl groups is 2. The Morgan fingerprint density at radius 3 is 2.15 bits per heavy atom. The lowest BCUT2D eigenvalue weighted by Crippen LogP contribution is -2.54. The van der Waals surface area contributed by atoms with Gasteiger partial charge in [-0.1, -0.05) is 12.1 Å². The van der Waals surface area contributed by atoms with Crippen molar-refractivity contribution in [3.8, 4) is 0 Å². The normalized spacial score (nSPS) is 22.2. The zero-order valence-electron chi connectivity index (χ0n) is 20.6. The number of carbonyl (C=O) groups excluding carboxylic acids is 1. The first-order valence-electron chi connectivity index (χ1n) is 12.2. The van der Waals surface area contributed by atoms with Crippen LogP contribution in [0, 0.1) is 5.82 Å². The molecule has 0 aromatic heterocycles. The number of amides is 1. The SMILES string of the molecule is O=C(C[C@@H]1CCc2cc(C(O)(C(F)(F)F)C(F)(F)F)ccc2N1S(=O)(=O)c1ccc(F)cc1)N[C@H]1CCC[C@@H]1O. The largest absolute Gasteiger partial charge is 0.430 e. The molecule has 2 aromatic rings. The van der Waals surface area contributed by atoms with Crippen LogP contribution in [0.2, 0.25) is 0 Å². The van der Waals surface area contributed by atoms with E-state index >= 15 is 0 Å². The summed E-state index contributed by atoms with van der Waals surface area (Å²) >= 11 is 0. The molecule has 0 bridgehead atoms. The number of benzene rings is 2. The van der Waals surface area contributed by atoms with E-state index in [0.29, 0.717) is 31.4 Å². The van der Waals surface area contributed by atoms with Crippen LogP contribution in [0.5, 0.6) is 0 Å². The molecule has 1 aliphatic heterocycles. The summed E-state index contributed by atoms with van der Waals surface area (Å²) in [5, 5.41) is 22.5. The molecule has 0 unspecified atom stereocenters. The fourth-order valence-electron chi connectivity index (χ4n) is 5.17. The summed E-state index contributed by atoms with van der Waals surface area (Å²) in [5.41, 5.74) is -7.28. The monoisotopic (exact) mass is 598 g/mol. The molecule has 220 valence electrons. The quantitative estimate of drug-likeness (QED) is 0.435. The summed E-state index contributed by atoms with van der Waals surface area (Å²) in [5.74, 6) is -1.37. The number of hydrogen-bond donors (Lipinski definition) is 3. The predicted octanol–water partition coefficient (Wildman–Crippen LogP) is 4.07. The molecule has 3 atom stereocenters. The maximum Gasteiger partial charge on any atom is 0.430 e. The first-order chi connectivity index (χ1) is 18.5. The molecule has 1 aliphatic carbocycles. The van der Waals surface area contributed by atoms with Crippen molar-refractivity contribution in [1.29, 1.82) is 0 Å². The van der Waals surface area contributed by atoms with Gasteiger partial charge in [0.1, 0.15) is 5.82 Å². The van der Waals surface area contributed by atoms with Crippen LogP contribution < -0.4 is 9.62 Å². The molecule has 2 aliphatic rings.